The Balaban J connectivity index is 1.92. The van der Waals surface area contributed by atoms with Crippen molar-refractivity contribution in [3.8, 4) is 5.75 Å². The van der Waals surface area contributed by atoms with E-state index in [0.29, 0.717) is 12.6 Å². The summed E-state index contributed by atoms with van der Waals surface area (Å²) in [6.07, 6.45) is 1.99. The van der Waals surface area contributed by atoms with Gasteiger partial charge in [0.2, 0.25) is 0 Å². The number of aromatic nitrogens is 2. The van der Waals surface area contributed by atoms with Crippen LogP contribution in [0.3, 0.4) is 0 Å². The smallest absolute Gasteiger partial charge is 0.132 e. The molecule has 0 saturated heterocycles. The van der Waals surface area contributed by atoms with Crippen molar-refractivity contribution in [2.75, 3.05) is 6.54 Å². The zero-order valence-electron chi connectivity index (χ0n) is 12.5. The van der Waals surface area contributed by atoms with E-state index in [4.69, 9.17) is 4.74 Å². The predicted molar refractivity (Wildman–Crippen MR) is 80.8 cm³/mol. The third-order valence-electron chi connectivity index (χ3n) is 3.06. The highest BCUT2D eigenvalue weighted by atomic mass is 16.5. The van der Waals surface area contributed by atoms with Gasteiger partial charge in [0.05, 0.1) is 5.69 Å². The summed E-state index contributed by atoms with van der Waals surface area (Å²) in [7, 11) is 0. The molecule has 0 aliphatic rings. The molecule has 0 unspecified atom stereocenters. The first-order valence-electron chi connectivity index (χ1n) is 7.15. The lowest BCUT2D eigenvalue weighted by atomic mass is 10.2. The lowest BCUT2D eigenvalue weighted by Gasteiger charge is -2.08. The Hall–Kier alpha value is -1.81. The fourth-order valence-electron chi connectivity index (χ4n) is 1.91. The molecule has 2 aromatic rings. The van der Waals surface area contributed by atoms with Gasteiger partial charge in [0.15, 0.2) is 0 Å². The zero-order valence-corrected chi connectivity index (χ0v) is 12.5. The number of nitrogens with one attached hydrogen (secondary N) is 1. The Bertz CT molecular complexity index is 534. The number of hydrogen-bond acceptors (Lipinski definition) is 3. The van der Waals surface area contributed by atoms with Crippen molar-refractivity contribution in [1.29, 1.82) is 0 Å². The van der Waals surface area contributed by atoms with Crippen molar-refractivity contribution in [1.82, 2.24) is 15.1 Å². The molecular weight excluding hydrogens is 250 g/mol. The average molecular weight is 273 g/mol. The van der Waals surface area contributed by atoms with Crippen LogP contribution in [0.5, 0.6) is 5.75 Å². The lowest BCUT2D eigenvalue weighted by molar-refractivity contribution is 0.298. The van der Waals surface area contributed by atoms with Crippen LogP contribution in [0.1, 0.15) is 38.1 Å². The summed E-state index contributed by atoms with van der Waals surface area (Å²) in [4.78, 5) is 0. The molecule has 0 bridgehead atoms. The van der Waals surface area contributed by atoms with Gasteiger partial charge in [-0.3, -0.25) is 4.68 Å². The van der Waals surface area contributed by atoms with E-state index in [0.717, 1.165) is 24.5 Å². The molecule has 4 nitrogen and oxygen atoms in total. The van der Waals surface area contributed by atoms with E-state index in [1.807, 2.05) is 29.1 Å². The van der Waals surface area contributed by atoms with Crippen LogP contribution in [0.2, 0.25) is 0 Å². The molecule has 1 aromatic carbocycles. The second-order valence-electron chi connectivity index (χ2n) is 5.10. The van der Waals surface area contributed by atoms with E-state index in [1.165, 1.54) is 5.56 Å². The molecule has 0 amide bonds. The maximum Gasteiger partial charge on any atom is 0.132 e. The van der Waals surface area contributed by atoms with Crippen LogP contribution in [-0.4, -0.2) is 16.3 Å². The third-order valence-corrected chi connectivity index (χ3v) is 3.06. The quantitative estimate of drug-likeness (QED) is 0.842. The summed E-state index contributed by atoms with van der Waals surface area (Å²) in [6.45, 7) is 8.67. The number of rotatable bonds is 7. The molecule has 1 aromatic heterocycles. The Labute approximate surface area is 120 Å². The monoisotopic (exact) mass is 273 g/mol. The molecule has 0 saturated carbocycles. The summed E-state index contributed by atoms with van der Waals surface area (Å²) in [5, 5.41) is 7.79. The first-order valence-corrected chi connectivity index (χ1v) is 7.15. The Morgan fingerprint density at radius 1 is 1.30 bits per heavy atom. The van der Waals surface area contributed by atoms with Crippen LogP contribution in [0.4, 0.5) is 0 Å². The van der Waals surface area contributed by atoms with Crippen LogP contribution >= 0.6 is 0 Å². The van der Waals surface area contributed by atoms with Crippen molar-refractivity contribution >= 4 is 0 Å². The van der Waals surface area contributed by atoms with Gasteiger partial charge in [-0.1, -0.05) is 19.1 Å². The number of benzene rings is 1. The van der Waals surface area contributed by atoms with E-state index in [-0.39, 0.29) is 0 Å². The molecular formula is C16H23N3O. The van der Waals surface area contributed by atoms with E-state index >= 15 is 0 Å². The van der Waals surface area contributed by atoms with Crippen LogP contribution in [0, 0.1) is 0 Å². The normalized spacial score (nSPS) is 11.0. The Kier molecular flexibility index (Phi) is 5.18. The lowest BCUT2D eigenvalue weighted by Crippen LogP contribution is -2.11. The molecule has 0 aliphatic heterocycles. The minimum absolute atomic E-state index is 0.382. The maximum absolute atomic E-state index is 5.80. The van der Waals surface area contributed by atoms with Crippen molar-refractivity contribution < 1.29 is 4.74 Å². The number of hydrogen-bond donors (Lipinski definition) is 1. The van der Waals surface area contributed by atoms with Gasteiger partial charge in [-0.25, -0.2) is 0 Å². The van der Waals surface area contributed by atoms with Gasteiger partial charge >= 0.3 is 0 Å². The molecule has 0 radical (unpaired) electrons. The second-order valence-corrected chi connectivity index (χ2v) is 5.10. The topological polar surface area (TPSA) is 39.1 Å². The van der Waals surface area contributed by atoms with Crippen molar-refractivity contribution in [3.63, 3.8) is 0 Å². The maximum atomic E-state index is 5.80. The average Bonchev–Trinajstić information content (AvgIpc) is 2.92. The zero-order chi connectivity index (χ0) is 14.4. The highest BCUT2D eigenvalue weighted by Crippen LogP contribution is 2.15. The van der Waals surface area contributed by atoms with E-state index in [2.05, 4.69) is 43.3 Å². The van der Waals surface area contributed by atoms with Gasteiger partial charge in [-0.15, -0.1) is 0 Å². The minimum atomic E-state index is 0.382. The van der Waals surface area contributed by atoms with Gasteiger partial charge in [0, 0.05) is 18.8 Å². The van der Waals surface area contributed by atoms with E-state index < -0.39 is 0 Å². The van der Waals surface area contributed by atoms with Crippen molar-refractivity contribution in [3.05, 3.63) is 47.8 Å². The molecule has 108 valence electrons. The Morgan fingerprint density at radius 3 is 2.85 bits per heavy atom. The molecule has 1 N–H and O–H groups in total. The van der Waals surface area contributed by atoms with Gasteiger partial charge in [-0.05, 0) is 44.2 Å². The van der Waals surface area contributed by atoms with Crippen LogP contribution in [0.15, 0.2) is 36.5 Å². The number of ether oxygens (including phenoxy) is 1. The molecule has 0 atom stereocenters. The Morgan fingerprint density at radius 2 is 2.15 bits per heavy atom. The largest absolute Gasteiger partial charge is 0.487 e. The third kappa shape index (κ3) is 4.10. The predicted octanol–water partition coefficient (Wildman–Crippen LogP) is 3.15. The molecule has 0 fully saturated rings. The molecule has 0 spiro atoms. The first-order chi connectivity index (χ1) is 9.69. The van der Waals surface area contributed by atoms with Crippen molar-refractivity contribution in [2.45, 2.75) is 40.0 Å². The summed E-state index contributed by atoms with van der Waals surface area (Å²) in [6, 6.07) is 10.6. The fourth-order valence-corrected chi connectivity index (χ4v) is 1.91. The van der Waals surface area contributed by atoms with Crippen LogP contribution < -0.4 is 10.1 Å². The molecule has 20 heavy (non-hydrogen) atoms. The van der Waals surface area contributed by atoms with Gasteiger partial charge in [0.25, 0.3) is 0 Å². The molecule has 4 heteroatoms. The standard InChI is InChI=1S/C16H23N3O/c1-4-17-11-14-6-5-7-16(10-14)20-12-15-8-9-19(18-15)13(2)3/h5-10,13,17H,4,11-12H2,1-3H3. The first kappa shape index (κ1) is 14.6. The highest BCUT2D eigenvalue weighted by Gasteiger charge is 2.03. The molecule has 0 aliphatic carbocycles. The summed E-state index contributed by atoms with van der Waals surface area (Å²) in [5.74, 6) is 0.888. The van der Waals surface area contributed by atoms with Crippen LogP contribution in [0.25, 0.3) is 0 Å². The van der Waals surface area contributed by atoms with Crippen molar-refractivity contribution in [2.24, 2.45) is 0 Å². The number of nitrogens with zero attached hydrogens (tertiary/aromatic N) is 2. The van der Waals surface area contributed by atoms with Gasteiger partial charge in [-0.2, -0.15) is 5.10 Å². The summed E-state index contributed by atoms with van der Waals surface area (Å²) < 4.78 is 7.75. The second kappa shape index (κ2) is 7.10. The van der Waals surface area contributed by atoms with Gasteiger partial charge < -0.3 is 10.1 Å². The van der Waals surface area contributed by atoms with Gasteiger partial charge in [0.1, 0.15) is 12.4 Å². The van der Waals surface area contributed by atoms with E-state index in [9.17, 15) is 0 Å². The summed E-state index contributed by atoms with van der Waals surface area (Å²) >= 11 is 0. The molecule has 2 rings (SSSR count). The summed E-state index contributed by atoms with van der Waals surface area (Å²) in [5.41, 5.74) is 2.19. The van der Waals surface area contributed by atoms with E-state index in [1.54, 1.807) is 0 Å². The highest BCUT2D eigenvalue weighted by molar-refractivity contribution is 5.28. The van der Waals surface area contributed by atoms with Crippen LogP contribution in [-0.2, 0) is 13.2 Å². The minimum Gasteiger partial charge on any atom is -0.487 e. The SMILES string of the molecule is CCNCc1cccc(OCc2ccn(C(C)C)n2)c1. The fraction of sp³-hybridized carbons (Fsp3) is 0.438. The molecule has 1 heterocycles.